The normalized spacial score (nSPS) is 10.3. The van der Waals surface area contributed by atoms with E-state index in [1.807, 2.05) is 49.3 Å². The number of aliphatic hydroxyl groups excluding tert-OH is 1. The summed E-state index contributed by atoms with van der Waals surface area (Å²) in [4.78, 5) is 10.3. The number of nitrogens with zero attached hydrogens (tertiary/aromatic N) is 3. The fraction of sp³-hybridized carbons (Fsp3) is 0.286. The Morgan fingerprint density at radius 2 is 2.00 bits per heavy atom. The molecule has 0 fully saturated rings. The van der Waals surface area contributed by atoms with Crippen molar-refractivity contribution in [3.8, 4) is 0 Å². The van der Waals surface area contributed by atoms with Gasteiger partial charge in [0.05, 0.1) is 0 Å². The van der Waals surface area contributed by atoms with Crippen LogP contribution in [0.15, 0.2) is 36.7 Å². The minimum Gasteiger partial charge on any atom is -0.396 e. The van der Waals surface area contributed by atoms with E-state index in [0.717, 1.165) is 22.9 Å². The molecule has 0 bridgehead atoms. The monoisotopic (exact) mass is 258 g/mol. The lowest BCUT2D eigenvalue weighted by atomic mass is 10.1. The average molecular weight is 258 g/mol. The first-order valence-electron chi connectivity index (χ1n) is 6.16. The van der Waals surface area contributed by atoms with Gasteiger partial charge in [-0.05, 0) is 18.1 Å². The Hall–Kier alpha value is -2.14. The van der Waals surface area contributed by atoms with Crippen LogP contribution in [0.3, 0.4) is 0 Å². The Morgan fingerprint density at radius 3 is 2.74 bits per heavy atom. The first-order chi connectivity index (χ1) is 9.20. The van der Waals surface area contributed by atoms with Crippen LogP contribution in [-0.2, 0) is 6.42 Å². The van der Waals surface area contributed by atoms with Gasteiger partial charge in [-0.1, -0.05) is 18.2 Å². The molecule has 0 spiro atoms. The SMILES string of the molecule is CN(C)c1cc(Nc2ccccc2CCO)ncn1. The van der Waals surface area contributed by atoms with E-state index in [-0.39, 0.29) is 6.61 Å². The van der Waals surface area contributed by atoms with Crippen LogP contribution >= 0.6 is 0 Å². The van der Waals surface area contributed by atoms with Crippen molar-refractivity contribution in [2.75, 3.05) is 30.9 Å². The number of hydrogen-bond acceptors (Lipinski definition) is 5. The molecule has 0 unspecified atom stereocenters. The molecule has 19 heavy (non-hydrogen) atoms. The van der Waals surface area contributed by atoms with E-state index in [9.17, 15) is 0 Å². The molecule has 1 aromatic heterocycles. The van der Waals surface area contributed by atoms with E-state index < -0.39 is 0 Å². The second-order valence-electron chi connectivity index (χ2n) is 4.41. The molecule has 5 nitrogen and oxygen atoms in total. The van der Waals surface area contributed by atoms with E-state index in [1.54, 1.807) is 0 Å². The number of benzene rings is 1. The maximum atomic E-state index is 9.07. The van der Waals surface area contributed by atoms with Crippen LogP contribution < -0.4 is 10.2 Å². The topological polar surface area (TPSA) is 61.3 Å². The van der Waals surface area contributed by atoms with Crippen LogP contribution in [0, 0.1) is 0 Å². The minimum absolute atomic E-state index is 0.130. The van der Waals surface area contributed by atoms with Crippen LogP contribution in [0.25, 0.3) is 0 Å². The first kappa shape index (κ1) is 13.3. The number of nitrogens with one attached hydrogen (secondary N) is 1. The predicted octanol–water partition coefficient (Wildman–Crippen LogP) is 1.82. The molecule has 0 saturated heterocycles. The zero-order valence-corrected chi connectivity index (χ0v) is 11.2. The third-order valence-electron chi connectivity index (χ3n) is 2.77. The predicted molar refractivity (Wildman–Crippen MR) is 76.9 cm³/mol. The molecule has 0 aliphatic carbocycles. The minimum atomic E-state index is 0.130. The zero-order valence-electron chi connectivity index (χ0n) is 11.2. The Labute approximate surface area is 112 Å². The molecular weight excluding hydrogens is 240 g/mol. The summed E-state index contributed by atoms with van der Waals surface area (Å²) in [5.74, 6) is 1.58. The largest absolute Gasteiger partial charge is 0.396 e. The van der Waals surface area contributed by atoms with Gasteiger partial charge in [0.2, 0.25) is 0 Å². The number of hydrogen-bond donors (Lipinski definition) is 2. The number of aliphatic hydroxyl groups is 1. The van der Waals surface area contributed by atoms with Crippen molar-refractivity contribution in [3.05, 3.63) is 42.2 Å². The molecule has 2 aromatic rings. The molecule has 1 heterocycles. The molecule has 0 radical (unpaired) electrons. The number of aromatic nitrogens is 2. The van der Waals surface area contributed by atoms with Gasteiger partial charge in [0.15, 0.2) is 0 Å². The summed E-state index contributed by atoms with van der Waals surface area (Å²) in [5, 5.41) is 12.3. The quantitative estimate of drug-likeness (QED) is 0.856. The Bertz CT molecular complexity index is 542. The molecule has 5 heteroatoms. The Balaban J connectivity index is 2.23. The highest BCUT2D eigenvalue weighted by atomic mass is 16.2. The van der Waals surface area contributed by atoms with Gasteiger partial charge in [0.1, 0.15) is 18.0 Å². The molecule has 2 rings (SSSR count). The third kappa shape index (κ3) is 3.42. The smallest absolute Gasteiger partial charge is 0.135 e. The van der Waals surface area contributed by atoms with E-state index in [1.165, 1.54) is 6.33 Å². The molecule has 0 aliphatic rings. The molecule has 100 valence electrons. The highest BCUT2D eigenvalue weighted by Gasteiger charge is 2.04. The van der Waals surface area contributed by atoms with Gasteiger partial charge in [0.25, 0.3) is 0 Å². The molecular formula is C14H18N4O. The maximum absolute atomic E-state index is 9.07. The van der Waals surface area contributed by atoms with Gasteiger partial charge < -0.3 is 15.3 Å². The maximum Gasteiger partial charge on any atom is 0.135 e. The van der Waals surface area contributed by atoms with E-state index >= 15 is 0 Å². The fourth-order valence-corrected chi connectivity index (χ4v) is 1.78. The highest BCUT2D eigenvalue weighted by molar-refractivity contribution is 5.62. The molecule has 2 N–H and O–H groups in total. The summed E-state index contributed by atoms with van der Waals surface area (Å²) in [7, 11) is 3.87. The van der Waals surface area contributed by atoms with E-state index in [0.29, 0.717) is 6.42 Å². The standard InChI is InChI=1S/C14H18N4O/c1-18(2)14-9-13(15-10-16-14)17-12-6-4-3-5-11(12)7-8-19/h3-6,9-10,19H,7-8H2,1-2H3,(H,15,16,17). The second-order valence-corrected chi connectivity index (χ2v) is 4.41. The first-order valence-corrected chi connectivity index (χ1v) is 6.16. The summed E-state index contributed by atoms with van der Waals surface area (Å²) < 4.78 is 0. The second kappa shape index (κ2) is 6.15. The van der Waals surface area contributed by atoms with Crippen molar-refractivity contribution in [3.63, 3.8) is 0 Å². The van der Waals surface area contributed by atoms with Crippen molar-refractivity contribution in [1.82, 2.24) is 9.97 Å². The lowest BCUT2D eigenvalue weighted by Gasteiger charge is -2.14. The lowest BCUT2D eigenvalue weighted by molar-refractivity contribution is 0.300. The Kier molecular flexibility index (Phi) is 4.30. The lowest BCUT2D eigenvalue weighted by Crippen LogP contribution is -2.11. The number of anilines is 3. The highest BCUT2D eigenvalue weighted by Crippen LogP contribution is 2.21. The number of rotatable bonds is 5. The van der Waals surface area contributed by atoms with Crippen LogP contribution in [0.4, 0.5) is 17.3 Å². The number of para-hydroxylation sites is 1. The van der Waals surface area contributed by atoms with Gasteiger partial charge in [-0.2, -0.15) is 0 Å². The molecule has 1 aromatic carbocycles. The van der Waals surface area contributed by atoms with Gasteiger partial charge in [-0.25, -0.2) is 9.97 Å². The van der Waals surface area contributed by atoms with Gasteiger partial charge >= 0.3 is 0 Å². The molecule has 0 atom stereocenters. The van der Waals surface area contributed by atoms with E-state index in [2.05, 4.69) is 15.3 Å². The van der Waals surface area contributed by atoms with Gasteiger partial charge in [-0.15, -0.1) is 0 Å². The van der Waals surface area contributed by atoms with Crippen LogP contribution in [0.2, 0.25) is 0 Å². The van der Waals surface area contributed by atoms with Crippen molar-refractivity contribution >= 4 is 17.3 Å². The summed E-state index contributed by atoms with van der Waals surface area (Å²) in [6, 6.07) is 9.77. The summed E-state index contributed by atoms with van der Waals surface area (Å²) in [5.41, 5.74) is 2.02. The van der Waals surface area contributed by atoms with Gasteiger partial charge in [0, 0.05) is 32.5 Å². The van der Waals surface area contributed by atoms with Crippen LogP contribution in [0.5, 0.6) is 0 Å². The van der Waals surface area contributed by atoms with Crippen LogP contribution in [-0.4, -0.2) is 35.8 Å². The summed E-state index contributed by atoms with van der Waals surface area (Å²) >= 11 is 0. The fourth-order valence-electron chi connectivity index (χ4n) is 1.78. The van der Waals surface area contributed by atoms with Crippen molar-refractivity contribution in [2.45, 2.75) is 6.42 Å². The Morgan fingerprint density at radius 1 is 1.21 bits per heavy atom. The van der Waals surface area contributed by atoms with Gasteiger partial charge in [-0.3, -0.25) is 0 Å². The molecule has 0 amide bonds. The van der Waals surface area contributed by atoms with Crippen molar-refractivity contribution in [2.24, 2.45) is 0 Å². The van der Waals surface area contributed by atoms with Crippen LogP contribution in [0.1, 0.15) is 5.56 Å². The average Bonchev–Trinajstić information content (AvgIpc) is 2.41. The van der Waals surface area contributed by atoms with Crippen molar-refractivity contribution < 1.29 is 5.11 Å². The molecule has 0 saturated carbocycles. The zero-order chi connectivity index (χ0) is 13.7. The third-order valence-corrected chi connectivity index (χ3v) is 2.77. The summed E-state index contributed by atoms with van der Waals surface area (Å²) in [6.45, 7) is 0.130. The summed E-state index contributed by atoms with van der Waals surface area (Å²) in [6.07, 6.45) is 2.15. The molecule has 0 aliphatic heterocycles. The van der Waals surface area contributed by atoms with Crippen molar-refractivity contribution in [1.29, 1.82) is 0 Å². The van der Waals surface area contributed by atoms with E-state index in [4.69, 9.17) is 5.11 Å².